The third-order valence-electron chi connectivity index (χ3n) is 1.33. The van der Waals surface area contributed by atoms with Crippen molar-refractivity contribution in [2.24, 2.45) is 0 Å². The molecule has 12 heavy (non-hydrogen) atoms. The summed E-state index contributed by atoms with van der Waals surface area (Å²) in [7, 11) is 1.61. The van der Waals surface area contributed by atoms with E-state index in [2.05, 4.69) is 10.3 Å². The standard InChI is InChI=1S/C7H7ClN2O2/c1-9-5-2-4(8)3-10-6(5)7(11)12/h2-3,9H,1H3,(H,11,12). The summed E-state index contributed by atoms with van der Waals surface area (Å²) in [6, 6.07) is 1.51. The van der Waals surface area contributed by atoms with Gasteiger partial charge in [-0.15, -0.1) is 0 Å². The second kappa shape index (κ2) is 3.40. The fourth-order valence-electron chi connectivity index (χ4n) is 0.800. The van der Waals surface area contributed by atoms with Crippen molar-refractivity contribution in [3.8, 4) is 0 Å². The summed E-state index contributed by atoms with van der Waals surface area (Å²) in [5.41, 5.74) is 0.386. The minimum absolute atomic E-state index is 0.0260. The van der Waals surface area contributed by atoms with Crippen LogP contribution in [0.2, 0.25) is 5.02 Å². The Hall–Kier alpha value is -1.29. The maximum atomic E-state index is 10.5. The van der Waals surface area contributed by atoms with Gasteiger partial charge in [0.25, 0.3) is 0 Å². The second-order valence-electron chi connectivity index (χ2n) is 2.10. The van der Waals surface area contributed by atoms with Crippen LogP contribution >= 0.6 is 11.6 Å². The van der Waals surface area contributed by atoms with Gasteiger partial charge >= 0.3 is 5.97 Å². The van der Waals surface area contributed by atoms with Crippen LogP contribution in [0.5, 0.6) is 0 Å². The molecule has 2 N–H and O–H groups in total. The van der Waals surface area contributed by atoms with Gasteiger partial charge in [0.15, 0.2) is 5.69 Å². The van der Waals surface area contributed by atoms with E-state index in [4.69, 9.17) is 16.7 Å². The monoisotopic (exact) mass is 186 g/mol. The van der Waals surface area contributed by atoms with Gasteiger partial charge in [-0.2, -0.15) is 0 Å². The summed E-state index contributed by atoms with van der Waals surface area (Å²) in [5, 5.41) is 11.7. The van der Waals surface area contributed by atoms with E-state index in [9.17, 15) is 4.79 Å². The first kappa shape index (κ1) is 8.80. The number of pyridine rings is 1. The number of carboxylic acids is 1. The summed E-state index contributed by atoms with van der Waals surface area (Å²) < 4.78 is 0. The van der Waals surface area contributed by atoms with E-state index < -0.39 is 5.97 Å². The molecule has 5 heteroatoms. The third-order valence-corrected chi connectivity index (χ3v) is 1.53. The first-order chi connectivity index (χ1) is 5.65. The number of carbonyl (C=O) groups is 1. The summed E-state index contributed by atoms with van der Waals surface area (Å²) in [4.78, 5) is 14.2. The number of aromatic nitrogens is 1. The van der Waals surface area contributed by atoms with Crippen LogP contribution in [0, 0.1) is 0 Å². The molecule has 0 unspecified atom stereocenters. The van der Waals surface area contributed by atoms with Crippen molar-refractivity contribution < 1.29 is 9.90 Å². The van der Waals surface area contributed by atoms with Gasteiger partial charge in [0.2, 0.25) is 0 Å². The zero-order valence-electron chi connectivity index (χ0n) is 6.34. The Kier molecular flexibility index (Phi) is 2.50. The molecule has 0 aliphatic heterocycles. The highest BCUT2D eigenvalue weighted by atomic mass is 35.5. The molecule has 0 bridgehead atoms. The summed E-state index contributed by atoms with van der Waals surface area (Å²) >= 11 is 5.60. The highest BCUT2D eigenvalue weighted by Gasteiger charge is 2.10. The molecule has 1 rings (SSSR count). The highest BCUT2D eigenvalue weighted by Crippen LogP contribution is 2.17. The molecule has 64 valence electrons. The van der Waals surface area contributed by atoms with E-state index in [1.54, 1.807) is 7.05 Å². The lowest BCUT2D eigenvalue weighted by Gasteiger charge is -2.03. The van der Waals surface area contributed by atoms with Crippen LogP contribution in [0.1, 0.15) is 10.5 Å². The predicted molar refractivity (Wildman–Crippen MR) is 45.8 cm³/mol. The molecule has 0 amide bonds. The largest absolute Gasteiger partial charge is 0.476 e. The van der Waals surface area contributed by atoms with Crippen LogP contribution in [0.3, 0.4) is 0 Å². The normalized spacial score (nSPS) is 9.50. The Morgan fingerprint density at radius 3 is 2.92 bits per heavy atom. The van der Waals surface area contributed by atoms with Crippen LogP contribution in [0.15, 0.2) is 12.3 Å². The summed E-state index contributed by atoms with van der Waals surface area (Å²) in [6.07, 6.45) is 1.30. The average molecular weight is 187 g/mol. The Bertz CT molecular complexity index is 314. The molecule has 0 atom stereocenters. The molecule has 0 aliphatic carbocycles. The second-order valence-corrected chi connectivity index (χ2v) is 2.54. The molecule has 0 aliphatic rings. The first-order valence-electron chi connectivity index (χ1n) is 3.21. The number of anilines is 1. The SMILES string of the molecule is CNc1cc(Cl)cnc1C(=O)O. The van der Waals surface area contributed by atoms with Gasteiger partial charge in [0, 0.05) is 13.2 Å². The average Bonchev–Trinajstić information content (AvgIpc) is 2.03. The zero-order valence-corrected chi connectivity index (χ0v) is 7.09. The molecule has 0 fully saturated rings. The highest BCUT2D eigenvalue weighted by molar-refractivity contribution is 6.30. The van der Waals surface area contributed by atoms with Crippen molar-refractivity contribution in [2.75, 3.05) is 12.4 Å². The predicted octanol–water partition coefficient (Wildman–Crippen LogP) is 1.47. The van der Waals surface area contributed by atoms with E-state index in [1.165, 1.54) is 12.3 Å². The van der Waals surface area contributed by atoms with E-state index in [-0.39, 0.29) is 5.69 Å². The Morgan fingerprint density at radius 2 is 2.42 bits per heavy atom. The molecule has 4 nitrogen and oxygen atoms in total. The molecular formula is C7H7ClN2O2. The molecule has 0 spiro atoms. The number of hydrogen-bond acceptors (Lipinski definition) is 3. The molecule has 0 saturated carbocycles. The summed E-state index contributed by atoms with van der Waals surface area (Å²) in [6.45, 7) is 0. The number of nitrogens with zero attached hydrogens (tertiary/aromatic N) is 1. The van der Waals surface area contributed by atoms with E-state index in [1.807, 2.05) is 0 Å². The van der Waals surface area contributed by atoms with Crippen molar-refractivity contribution in [1.29, 1.82) is 0 Å². The zero-order chi connectivity index (χ0) is 9.14. The fraction of sp³-hybridized carbons (Fsp3) is 0.143. The van der Waals surface area contributed by atoms with Crippen LogP contribution in [0.4, 0.5) is 5.69 Å². The molecule has 1 heterocycles. The third kappa shape index (κ3) is 1.65. The van der Waals surface area contributed by atoms with Gasteiger partial charge < -0.3 is 10.4 Å². The smallest absolute Gasteiger partial charge is 0.356 e. The van der Waals surface area contributed by atoms with Gasteiger partial charge in [0.1, 0.15) is 0 Å². The molecule has 0 saturated heterocycles. The Balaban J connectivity index is 3.20. The van der Waals surface area contributed by atoms with Crippen LogP contribution in [-0.2, 0) is 0 Å². The van der Waals surface area contributed by atoms with Crippen LogP contribution in [0.25, 0.3) is 0 Å². The van der Waals surface area contributed by atoms with Gasteiger partial charge in [-0.05, 0) is 6.07 Å². The summed E-state index contributed by atoms with van der Waals surface area (Å²) in [5.74, 6) is -1.07. The van der Waals surface area contributed by atoms with Crippen molar-refractivity contribution in [1.82, 2.24) is 4.98 Å². The number of halogens is 1. The minimum Gasteiger partial charge on any atom is -0.476 e. The van der Waals surface area contributed by atoms with Crippen LogP contribution < -0.4 is 5.32 Å². The first-order valence-corrected chi connectivity index (χ1v) is 3.59. The van der Waals surface area contributed by atoms with E-state index >= 15 is 0 Å². The van der Waals surface area contributed by atoms with E-state index in [0.29, 0.717) is 10.7 Å². The lowest BCUT2D eigenvalue weighted by molar-refractivity contribution is 0.0691. The molecular weight excluding hydrogens is 180 g/mol. The minimum atomic E-state index is -1.07. The number of hydrogen-bond donors (Lipinski definition) is 2. The number of rotatable bonds is 2. The van der Waals surface area contributed by atoms with Crippen LogP contribution in [-0.4, -0.2) is 23.1 Å². The topological polar surface area (TPSA) is 62.2 Å². The quantitative estimate of drug-likeness (QED) is 0.735. The van der Waals surface area contributed by atoms with Crippen molar-refractivity contribution >= 4 is 23.3 Å². The fourth-order valence-corrected chi connectivity index (χ4v) is 0.958. The van der Waals surface area contributed by atoms with Gasteiger partial charge in [-0.3, -0.25) is 0 Å². The van der Waals surface area contributed by atoms with Crippen molar-refractivity contribution in [3.63, 3.8) is 0 Å². The number of carboxylic acid groups (broad SMARTS) is 1. The lowest BCUT2D eigenvalue weighted by atomic mass is 10.3. The lowest BCUT2D eigenvalue weighted by Crippen LogP contribution is -2.05. The maximum absolute atomic E-state index is 10.5. The maximum Gasteiger partial charge on any atom is 0.356 e. The number of nitrogens with one attached hydrogen (secondary N) is 1. The van der Waals surface area contributed by atoms with Gasteiger partial charge in [-0.1, -0.05) is 11.6 Å². The van der Waals surface area contributed by atoms with Crippen molar-refractivity contribution in [2.45, 2.75) is 0 Å². The van der Waals surface area contributed by atoms with E-state index in [0.717, 1.165) is 0 Å². The molecule has 0 radical (unpaired) electrons. The number of aromatic carboxylic acids is 1. The Labute approximate surface area is 74.2 Å². The van der Waals surface area contributed by atoms with Gasteiger partial charge in [-0.25, -0.2) is 9.78 Å². The molecule has 1 aromatic heterocycles. The van der Waals surface area contributed by atoms with Crippen molar-refractivity contribution in [3.05, 3.63) is 23.0 Å². The molecule has 0 aromatic carbocycles. The molecule has 1 aromatic rings. The Morgan fingerprint density at radius 1 is 1.75 bits per heavy atom. The van der Waals surface area contributed by atoms with Gasteiger partial charge in [0.05, 0.1) is 10.7 Å².